The molecular weight excluding hydrogens is 376 g/mol. The summed E-state index contributed by atoms with van der Waals surface area (Å²) in [6.07, 6.45) is 1.39. The van der Waals surface area contributed by atoms with E-state index in [9.17, 15) is 4.79 Å². The van der Waals surface area contributed by atoms with Crippen molar-refractivity contribution < 1.29 is 13.8 Å². The molecule has 29 heavy (non-hydrogen) atoms. The van der Waals surface area contributed by atoms with Crippen LogP contribution >= 0.6 is 0 Å². The number of aromatic nitrogens is 5. The fourth-order valence-corrected chi connectivity index (χ4v) is 2.62. The minimum absolute atomic E-state index is 0.0152. The molecule has 3 aromatic heterocycles. The maximum absolute atomic E-state index is 12.7. The number of aryl methyl sites for hydroxylation is 2. The lowest BCUT2D eigenvalue weighted by Crippen LogP contribution is -2.19. The van der Waals surface area contributed by atoms with E-state index in [0.717, 1.165) is 11.3 Å². The second-order valence-electron chi connectivity index (χ2n) is 6.19. The lowest BCUT2D eigenvalue weighted by molar-refractivity contribution is 0.0950. The number of anilines is 1. The third kappa shape index (κ3) is 3.60. The van der Waals surface area contributed by atoms with Gasteiger partial charge in [0.2, 0.25) is 11.6 Å². The van der Waals surface area contributed by atoms with Gasteiger partial charge in [0.15, 0.2) is 5.69 Å². The highest BCUT2D eigenvalue weighted by molar-refractivity contribution is 5.98. The van der Waals surface area contributed by atoms with Gasteiger partial charge in [0.1, 0.15) is 17.2 Å². The Kier molecular flexibility index (Phi) is 4.61. The Morgan fingerprint density at radius 1 is 1.17 bits per heavy atom. The third-order valence-electron chi connectivity index (χ3n) is 4.03. The van der Waals surface area contributed by atoms with Gasteiger partial charge in [-0.3, -0.25) is 4.79 Å². The van der Waals surface area contributed by atoms with Crippen LogP contribution in [0.2, 0.25) is 0 Å². The number of hydrogen-bond acceptors (Lipinski definition) is 9. The predicted molar refractivity (Wildman–Crippen MR) is 102 cm³/mol. The number of hydrogen-bond donors (Lipinski definition) is 2. The summed E-state index contributed by atoms with van der Waals surface area (Å²) >= 11 is 0. The Bertz CT molecular complexity index is 1190. The molecule has 0 saturated heterocycles. The van der Waals surface area contributed by atoms with Gasteiger partial charge < -0.3 is 10.2 Å². The maximum atomic E-state index is 12.7. The van der Waals surface area contributed by atoms with Crippen molar-refractivity contribution in [2.75, 3.05) is 5.73 Å². The molecule has 4 aromatic rings. The van der Waals surface area contributed by atoms with Crippen LogP contribution < -0.4 is 11.2 Å². The van der Waals surface area contributed by atoms with Gasteiger partial charge >= 0.3 is 0 Å². The molecule has 0 aliphatic carbocycles. The number of amides is 1. The van der Waals surface area contributed by atoms with Crippen molar-refractivity contribution in [1.29, 1.82) is 0 Å². The Labute approximate surface area is 164 Å². The SMILES string of the molecule is Cc1ccc(-c2c(C(=O)N/N=C\c3ccc(C)o3)nnn2-c2nonc2N)cc1. The number of nitrogens with two attached hydrogens (primary N) is 1. The monoisotopic (exact) mass is 392 g/mol. The minimum atomic E-state index is -0.568. The first-order valence-corrected chi connectivity index (χ1v) is 8.54. The van der Waals surface area contributed by atoms with Gasteiger partial charge in [-0.1, -0.05) is 35.0 Å². The number of carbonyl (C=O) groups is 1. The molecule has 11 nitrogen and oxygen atoms in total. The van der Waals surface area contributed by atoms with Gasteiger partial charge in [0, 0.05) is 5.56 Å². The van der Waals surface area contributed by atoms with E-state index < -0.39 is 5.91 Å². The van der Waals surface area contributed by atoms with Crippen LogP contribution in [-0.2, 0) is 0 Å². The van der Waals surface area contributed by atoms with Crippen molar-refractivity contribution in [3.63, 3.8) is 0 Å². The largest absolute Gasteiger partial charge is 0.460 e. The van der Waals surface area contributed by atoms with Crippen LogP contribution in [0.3, 0.4) is 0 Å². The zero-order chi connectivity index (χ0) is 20.4. The maximum Gasteiger partial charge on any atom is 0.294 e. The van der Waals surface area contributed by atoms with Gasteiger partial charge in [0.25, 0.3) is 5.91 Å². The van der Waals surface area contributed by atoms with Gasteiger partial charge in [-0.25, -0.2) is 10.1 Å². The molecule has 3 heterocycles. The number of nitrogens with zero attached hydrogens (tertiary/aromatic N) is 6. The van der Waals surface area contributed by atoms with Gasteiger partial charge in [-0.05, 0) is 36.3 Å². The lowest BCUT2D eigenvalue weighted by Gasteiger charge is -2.06. The van der Waals surface area contributed by atoms with Crippen LogP contribution in [0.25, 0.3) is 17.1 Å². The molecule has 0 bridgehead atoms. The highest BCUT2D eigenvalue weighted by Gasteiger charge is 2.25. The summed E-state index contributed by atoms with van der Waals surface area (Å²) in [4.78, 5) is 12.7. The zero-order valence-corrected chi connectivity index (χ0v) is 15.5. The average Bonchev–Trinajstić information content (AvgIpc) is 3.42. The number of hydrazone groups is 1. The molecule has 0 saturated carbocycles. The van der Waals surface area contributed by atoms with Crippen LogP contribution in [0.5, 0.6) is 0 Å². The van der Waals surface area contributed by atoms with E-state index in [1.165, 1.54) is 10.9 Å². The molecule has 0 aliphatic heterocycles. The molecule has 0 fully saturated rings. The van der Waals surface area contributed by atoms with E-state index in [2.05, 4.69) is 35.8 Å². The highest BCUT2D eigenvalue weighted by atomic mass is 16.6. The first-order valence-electron chi connectivity index (χ1n) is 8.54. The molecule has 0 spiro atoms. The van der Waals surface area contributed by atoms with E-state index in [-0.39, 0.29) is 17.3 Å². The summed E-state index contributed by atoms with van der Waals surface area (Å²) in [6.45, 7) is 3.77. The Morgan fingerprint density at radius 2 is 1.97 bits per heavy atom. The summed E-state index contributed by atoms with van der Waals surface area (Å²) in [5.74, 6) is 0.817. The van der Waals surface area contributed by atoms with Crippen molar-refractivity contribution in [3.05, 3.63) is 59.2 Å². The highest BCUT2D eigenvalue weighted by Crippen LogP contribution is 2.26. The summed E-state index contributed by atoms with van der Waals surface area (Å²) < 4.78 is 11.3. The second kappa shape index (κ2) is 7.38. The molecule has 1 amide bonds. The molecule has 0 radical (unpaired) electrons. The molecule has 11 heteroatoms. The number of furan rings is 1. The van der Waals surface area contributed by atoms with Crippen LogP contribution in [0.1, 0.15) is 27.6 Å². The molecule has 4 rings (SSSR count). The number of nitrogens with one attached hydrogen (secondary N) is 1. The van der Waals surface area contributed by atoms with E-state index in [1.807, 2.05) is 38.1 Å². The smallest absolute Gasteiger partial charge is 0.294 e. The van der Waals surface area contributed by atoms with Crippen molar-refractivity contribution in [2.24, 2.45) is 5.10 Å². The first-order chi connectivity index (χ1) is 14.0. The summed E-state index contributed by atoms with van der Waals surface area (Å²) in [6, 6.07) is 11.0. The van der Waals surface area contributed by atoms with Crippen molar-refractivity contribution in [2.45, 2.75) is 13.8 Å². The van der Waals surface area contributed by atoms with E-state index in [1.54, 1.807) is 12.1 Å². The van der Waals surface area contributed by atoms with Crippen molar-refractivity contribution in [3.8, 4) is 17.1 Å². The second-order valence-corrected chi connectivity index (χ2v) is 6.19. The standard InChI is InChI=1S/C18H16N8O3/c1-10-3-6-12(7-4-10)15-14(21-25-26(15)17-16(19)23-29-24-17)18(27)22-20-9-13-8-5-11(2)28-13/h3-9H,1-2H3,(H2,19,23)(H,22,27)/b20-9-. The van der Waals surface area contributed by atoms with Crippen LogP contribution in [-0.4, -0.2) is 37.4 Å². The molecule has 0 atom stereocenters. The summed E-state index contributed by atoms with van der Waals surface area (Å²) in [5.41, 5.74) is 10.3. The Morgan fingerprint density at radius 3 is 2.62 bits per heavy atom. The van der Waals surface area contributed by atoms with Gasteiger partial charge in [-0.2, -0.15) is 9.78 Å². The average molecular weight is 392 g/mol. The summed E-state index contributed by atoms with van der Waals surface area (Å²) in [5, 5.41) is 19.2. The molecule has 0 unspecified atom stereocenters. The zero-order valence-electron chi connectivity index (χ0n) is 15.5. The lowest BCUT2D eigenvalue weighted by atomic mass is 10.1. The molecular formula is C18H16N8O3. The number of benzene rings is 1. The predicted octanol–water partition coefficient (Wildman–Crippen LogP) is 1.87. The summed E-state index contributed by atoms with van der Waals surface area (Å²) in [7, 11) is 0. The van der Waals surface area contributed by atoms with Crippen LogP contribution in [0, 0.1) is 13.8 Å². The third-order valence-corrected chi connectivity index (χ3v) is 4.03. The number of nitrogen functional groups attached to an aromatic ring is 1. The normalized spacial score (nSPS) is 11.2. The minimum Gasteiger partial charge on any atom is -0.460 e. The molecule has 0 aliphatic rings. The Hall–Kier alpha value is -4.28. The number of carbonyl (C=O) groups excluding carboxylic acids is 1. The van der Waals surface area contributed by atoms with E-state index >= 15 is 0 Å². The molecule has 146 valence electrons. The molecule has 3 N–H and O–H groups in total. The van der Waals surface area contributed by atoms with Crippen LogP contribution in [0.4, 0.5) is 5.82 Å². The number of rotatable bonds is 5. The fourth-order valence-electron chi connectivity index (χ4n) is 2.62. The molecule has 1 aromatic carbocycles. The van der Waals surface area contributed by atoms with E-state index in [4.69, 9.17) is 10.2 Å². The van der Waals surface area contributed by atoms with Crippen molar-refractivity contribution in [1.82, 2.24) is 30.7 Å². The Balaban J connectivity index is 1.70. The quantitative estimate of drug-likeness (QED) is 0.386. The fraction of sp³-hybridized carbons (Fsp3) is 0.111. The van der Waals surface area contributed by atoms with Gasteiger partial charge in [-0.15, -0.1) is 5.10 Å². The first kappa shape index (κ1) is 18.1. The van der Waals surface area contributed by atoms with Crippen molar-refractivity contribution >= 4 is 17.9 Å². The van der Waals surface area contributed by atoms with E-state index in [0.29, 0.717) is 17.0 Å². The topological polar surface area (TPSA) is 150 Å². The van der Waals surface area contributed by atoms with Crippen LogP contribution in [0.15, 0.2) is 50.5 Å². The van der Waals surface area contributed by atoms with Gasteiger partial charge in [0.05, 0.1) is 6.21 Å².